The number of hydrogen-bond acceptors (Lipinski definition) is 6. The van der Waals surface area contributed by atoms with Crippen LogP contribution in [0.1, 0.15) is 16.7 Å². The highest BCUT2D eigenvalue weighted by molar-refractivity contribution is 5.78. The van der Waals surface area contributed by atoms with E-state index in [2.05, 4.69) is 37.9 Å². The molecule has 7 nitrogen and oxygen atoms in total. The third-order valence-electron chi connectivity index (χ3n) is 4.83. The van der Waals surface area contributed by atoms with Gasteiger partial charge in [0.15, 0.2) is 0 Å². The summed E-state index contributed by atoms with van der Waals surface area (Å²) >= 11 is 0. The molecule has 2 aromatic heterocycles. The first kappa shape index (κ1) is 26.2. The molecule has 2 heterocycles. The van der Waals surface area contributed by atoms with E-state index in [4.69, 9.17) is 0 Å². The maximum atomic E-state index is 12.8. The van der Waals surface area contributed by atoms with Gasteiger partial charge in [-0.25, -0.2) is 9.97 Å². The van der Waals surface area contributed by atoms with Crippen LogP contribution in [-0.2, 0) is 23.9 Å². The molecular formula is C26H25F3N6O. The van der Waals surface area contributed by atoms with Gasteiger partial charge in [0.2, 0.25) is 11.9 Å². The van der Waals surface area contributed by atoms with Crippen LogP contribution in [0, 0.1) is 0 Å². The molecule has 1 amide bonds. The Kier molecular flexibility index (Phi) is 8.59. The number of halogens is 3. The molecule has 0 saturated heterocycles. The van der Waals surface area contributed by atoms with E-state index in [1.807, 2.05) is 37.3 Å². The number of amides is 1. The third-order valence-corrected chi connectivity index (χ3v) is 4.83. The zero-order valence-corrected chi connectivity index (χ0v) is 19.8. The number of alkyl halides is 3. The lowest BCUT2D eigenvalue weighted by Gasteiger charge is -2.10. The molecule has 0 atom stereocenters. The Bertz CT molecular complexity index is 1260. The first-order valence-electron chi connectivity index (χ1n) is 10.8. The van der Waals surface area contributed by atoms with Crippen LogP contribution in [0.5, 0.6) is 0 Å². The predicted octanol–water partition coefficient (Wildman–Crippen LogP) is 4.57. The molecule has 0 radical (unpaired) electrons. The minimum absolute atomic E-state index is 0.0421. The van der Waals surface area contributed by atoms with Gasteiger partial charge in [-0.15, -0.1) is 5.73 Å². The Morgan fingerprint density at radius 2 is 1.75 bits per heavy atom. The van der Waals surface area contributed by atoms with Crippen LogP contribution in [0.3, 0.4) is 0 Å². The van der Waals surface area contributed by atoms with Crippen LogP contribution in [-0.4, -0.2) is 39.9 Å². The second-order valence-electron chi connectivity index (χ2n) is 8.05. The zero-order valence-electron chi connectivity index (χ0n) is 19.8. The quantitative estimate of drug-likeness (QED) is 0.335. The van der Waals surface area contributed by atoms with Crippen LogP contribution in [0.25, 0.3) is 11.1 Å². The minimum Gasteiger partial charge on any atom is -0.382 e. The lowest BCUT2D eigenvalue weighted by molar-refractivity contribution is -0.137. The van der Waals surface area contributed by atoms with Gasteiger partial charge in [-0.05, 0) is 22.8 Å². The molecule has 10 heteroatoms. The highest BCUT2D eigenvalue weighted by Gasteiger charge is 2.30. The van der Waals surface area contributed by atoms with Crippen LogP contribution in [0.15, 0.2) is 85.4 Å². The van der Waals surface area contributed by atoms with Gasteiger partial charge in [0.05, 0.1) is 17.7 Å². The lowest BCUT2D eigenvalue weighted by Crippen LogP contribution is -2.24. The van der Waals surface area contributed by atoms with Crippen molar-refractivity contribution in [2.24, 2.45) is 0 Å². The molecule has 0 aliphatic heterocycles. The van der Waals surface area contributed by atoms with E-state index < -0.39 is 11.7 Å². The topological polar surface area (TPSA) is 83.0 Å². The number of allylic oxidation sites excluding steroid dienone is 1. The summed E-state index contributed by atoms with van der Waals surface area (Å²) in [5, 5.41) is 5.71. The van der Waals surface area contributed by atoms with Gasteiger partial charge >= 0.3 is 6.18 Å². The van der Waals surface area contributed by atoms with Crippen molar-refractivity contribution in [3.8, 4) is 11.1 Å². The van der Waals surface area contributed by atoms with Crippen molar-refractivity contribution in [1.82, 2.24) is 25.2 Å². The van der Waals surface area contributed by atoms with Crippen LogP contribution in [0.4, 0.5) is 19.1 Å². The molecule has 0 saturated carbocycles. The molecule has 0 fully saturated rings. The monoisotopic (exact) mass is 494 g/mol. The Morgan fingerprint density at radius 3 is 2.36 bits per heavy atom. The molecule has 0 unspecified atom stereocenters. The predicted molar refractivity (Wildman–Crippen MR) is 131 cm³/mol. The third kappa shape index (κ3) is 7.82. The zero-order chi connectivity index (χ0) is 26.1. The van der Waals surface area contributed by atoms with E-state index in [-0.39, 0.29) is 24.4 Å². The SMILES string of the molecule is C=C=C/C(=C\N(C)C)Nc1ncc(-c2ccc(CC(=O)NCc3cncc(C(F)(F)F)c3)cc2)cn1. The van der Waals surface area contributed by atoms with Crippen LogP contribution in [0.2, 0.25) is 0 Å². The fourth-order valence-corrected chi connectivity index (χ4v) is 3.17. The number of aromatic nitrogens is 3. The lowest BCUT2D eigenvalue weighted by atomic mass is 10.0. The molecule has 0 spiro atoms. The number of pyridine rings is 1. The summed E-state index contributed by atoms with van der Waals surface area (Å²) < 4.78 is 38.4. The second kappa shape index (κ2) is 11.8. The number of hydrogen-bond donors (Lipinski definition) is 2. The Balaban J connectivity index is 1.57. The molecule has 0 bridgehead atoms. The number of rotatable bonds is 9. The maximum absolute atomic E-state index is 12.8. The number of nitrogens with one attached hydrogen (secondary N) is 2. The summed E-state index contributed by atoms with van der Waals surface area (Å²) in [5.41, 5.74) is 5.29. The van der Waals surface area contributed by atoms with Crippen molar-refractivity contribution in [1.29, 1.82) is 0 Å². The standard InChI is InChI=1S/C26H25F3N6O/c1-4-5-23(17-35(2)3)34-25-32-14-21(15-33-25)20-8-6-18(7-9-20)11-24(36)31-13-19-10-22(16-30-12-19)26(27,28)29/h5-10,12,14-17H,1,11,13H2,2-3H3,(H,31,36)(H,32,33,34)/b23-17+. The largest absolute Gasteiger partial charge is 0.417 e. The maximum Gasteiger partial charge on any atom is 0.417 e. The van der Waals surface area contributed by atoms with Gasteiger partial charge in [0.25, 0.3) is 0 Å². The molecule has 0 aliphatic carbocycles. The molecular weight excluding hydrogens is 469 g/mol. The second-order valence-corrected chi connectivity index (χ2v) is 8.05. The smallest absolute Gasteiger partial charge is 0.382 e. The van der Waals surface area contributed by atoms with Gasteiger partial charge in [0, 0.05) is 63.3 Å². The summed E-state index contributed by atoms with van der Waals surface area (Å²) in [6, 6.07) is 8.28. The molecule has 186 valence electrons. The van der Waals surface area contributed by atoms with Crippen LogP contribution >= 0.6 is 0 Å². The fraction of sp³-hybridized carbons (Fsp3) is 0.192. The van der Waals surface area contributed by atoms with E-state index in [1.165, 1.54) is 6.20 Å². The Labute approximate surface area is 207 Å². The summed E-state index contributed by atoms with van der Waals surface area (Å²) in [7, 11) is 3.79. The summed E-state index contributed by atoms with van der Waals surface area (Å²) in [5.74, 6) is 0.108. The van der Waals surface area contributed by atoms with Gasteiger partial charge in [0.1, 0.15) is 0 Å². The Hall–Kier alpha value is -4.43. The summed E-state index contributed by atoms with van der Waals surface area (Å²) in [4.78, 5) is 26.4. The minimum atomic E-state index is -4.48. The number of nitrogens with zero attached hydrogens (tertiary/aromatic N) is 4. The molecule has 1 aromatic carbocycles. The summed E-state index contributed by atoms with van der Waals surface area (Å²) in [6.07, 6.45) is 4.55. The molecule has 36 heavy (non-hydrogen) atoms. The highest BCUT2D eigenvalue weighted by atomic mass is 19.4. The number of carbonyl (C=O) groups excluding carboxylic acids is 1. The molecule has 3 aromatic rings. The van der Waals surface area contributed by atoms with E-state index in [1.54, 1.807) is 30.6 Å². The van der Waals surface area contributed by atoms with E-state index in [0.29, 0.717) is 5.95 Å². The van der Waals surface area contributed by atoms with Gasteiger partial charge in [-0.2, -0.15) is 13.2 Å². The average Bonchev–Trinajstić information content (AvgIpc) is 2.83. The fourth-order valence-electron chi connectivity index (χ4n) is 3.17. The first-order valence-corrected chi connectivity index (χ1v) is 10.8. The Morgan fingerprint density at radius 1 is 1.06 bits per heavy atom. The average molecular weight is 495 g/mol. The normalized spacial score (nSPS) is 11.4. The van der Waals surface area contributed by atoms with Crippen molar-refractivity contribution in [2.75, 3.05) is 19.4 Å². The molecule has 2 N–H and O–H groups in total. The van der Waals surface area contributed by atoms with E-state index >= 15 is 0 Å². The summed E-state index contributed by atoms with van der Waals surface area (Å²) in [6.45, 7) is 3.54. The number of carbonyl (C=O) groups is 1. The van der Waals surface area contributed by atoms with Crippen molar-refractivity contribution < 1.29 is 18.0 Å². The van der Waals surface area contributed by atoms with E-state index in [9.17, 15) is 18.0 Å². The highest BCUT2D eigenvalue weighted by Crippen LogP contribution is 2.28. The van der Waals surface area contributed by atoms with Gasteiger partial charge < -0.3 is 15.5 Å². The number of anilines is 1. The van der Waals surface area contributed by atoms with E-state index in [0.717, 1.165) is 34.7 Å². The molecule has 0 aliphatic rings. The van der Waals surface area contributed by atoms with Crippen molar-refractivity contribution in [3.05, 3.63) is 102 Å². The van der Waals surface area contributed by atoms with Gasteiger partial charge in [-0.1, -0.05) is 30.8 Å². The van der Waals surface area contributed by atoms with Crippen molar-refractivity contribution in [2.45, 2.75) is 19.1 Å². The first-order chi connectivity index (χ1) is 17.1. The van der Waals surface area contributed by atoms with Crippen molar-refractivity contribution in [3.63, 3.8) is 0 Å². The number of benzene rings is 1. The van der Waals surface area contributed by atoms with Crippen molar-refractivity contribution >= 4 is 11.9 Å². The van der Waals surface area contributed by atoms with Gasteiger partial charge in [-0.3, -0.25) is 9.78 Å². The van der Waals surface area contributed by atoms with Crippen LogP contribution < -0.4 is 10.6 Å². The molecule has 3 rings (SSSR count).